The van der Waals surface area contributed by atoms with Crippen LogP contribution in [0.5, 0.6) is 0 Å². The van der Waals surface area contributed by atoms with Gasteiger partial charge in [0.15, 0.2) is 5.11 Å². The highest BCUT2D eigenvalue weighted by Gasteiger charge is 2.17. The van der Waals surface area contributed by atoms with Gasteiger partial charge in [-0.15, -0.1) is 0 Å². The minimum Gasteiger partial charge on any atom is -0.360 e. The third-order valence-electron chi connectivity index (χ3n) is 3.39. The molecule has 1 N–H and O–H groups in total. The fourth-order valence-electron chi connectivity index (χ4n) is 2.31. The molecule has 1 aromatic carbocycles. The summed E-state index contributed by atoms with van der Waals surface area (Å²) in [6.45, 7) is 0.748. The summed E-state index contributed by atoms with van der Waals surface area (Å²) in [5.41, 5.74) is 1.11. The van der Waals surface area contributed by atoms with E-state index in [1.54, 1.807) is 0 Å². The summed E-state index contributed by atoms with van der Waals surface area (Å²) in [4.78, 5) is 2.05. The van der Waals surface area contributed by atoms with Crippen LogP contribution in [0.2, 0.25) is 5.02 Å². The first kappa shape index (κ1) is 13.6. The number of rotatable bonds is 3. The van der Waals surface area contributed by atoms with Gasteiger partial charge < -0.3 is 10.2 Å². The first-order valence-corrected chi connectivity index (χ1v) is 7.20. The molecule has 0 amide bonds. The number of hydrogen-bond acceptors (Lipinski definition) is 1. The molecule has 1 aromatic rings. The summed E-state index contributed by atoms with van der Waals surface area (Å²) in [6.07, 6.45) is 5.10. The molecule has 0 unspecified atom stereocenters. The van der Waals surface area contributed by atoms with Gasteiger partial charge in [0.05, 0.1) is 0 Å². The summed E-state index contributed by atoms with van der Waals surface area (Å²) in [5, 5.41) is 5.05. The highest BCUT2D eigenvalue weighted by molar-refractivity contribution is 7.80. The van der Waals surface area contributed by atoms with Gasteiger partial charge in [-0.25, -0.2) is 0 Å². The van der Waals surface area contributed by atoms with Crippen LogP contribution >= 0.6 is 23.8 Å². The molecule has 0 spiro atoms. The Morgan fingerprint density at radius 2 is 2.06 bits per heavy atom. The van der Waals surface area contributed by atoms with E-state index in [-0.39, 0.29) is 0 Å². The molecule has 0 aromatic heterocycles. The van der Waals surface area contributed by atoms with E-state index in [9.17, 15) is 0 Å². The number of nitrogens with one attached hydrogen (secondary N) is 1. The summed E-state index contributed by atoms with van der Waals surface area (Å²) >= 11 is 11.6. The van der Waals surface area contributed by atoms with E-state index in [2.05, 4.69) is 10.2 Å². The average molecular weight is 283 g/mol. The van der Waals surface area contributed by atoms with Gasteiger partial charge in [0.25, 0.3) is 0 Å². The minimum absolute atomic E-state index is 0.561. The Morgan fingerprint density at radius 1 is 1.39 bits per heavy atom. The molecule has 0 saturated heterocycles. The monoisotopic (exact) mass is 282 g/mol. The van der Waals surface area contributed by atoms with Gasteiger partial charge in [0, 0.05) is 24.7 Å². The van der Waals surface area contributed by atoms with Crippen molar-refractivity contribution in [3.05, 3.63) is 34.9 Å². The molecule has 0 bridgehead atoms. The van der Waals surface area contributed by atoms with Crippen molar-refractivity contribution in [2.75, 3.05) is 7.05 Å². The lowest BCUT2D eigenvalue weighted by molar-refractivity contribution is 0.471. The Balaban J connectivity index is 1.89. The number of thiocarbonyl (C=S) groups is 1. The SMILES string of the molecule is CN(Cc1ccccc1Cl)C(=S)NC1CCCC1. The smallest absolute Gasteiger partial charge is 0.169 e. The van der Waals surface area contributed by atoms with Crippen LogP contribution < -0.4 is 5.32 Å². The Kier molecular flexibility index (Phi) is 4.84. The fourth-order valence-corrected chi connectivity index (χ4v) is 2.74. The van der Waals surface area contributed by atoms with Crippen LogP contribution in [0.1, 0.15) is 31.2 Å². The van der Waals surface area contributed by atoms with Gasteiger partial charge in [0.2, 0.25) is 0 Å². The maximum Gasteiger partial charge on any atom is 0.169 e. The number of hydrogen-bond donors (Lipinski definition) is 1. The van der Waals surface area contributed by atoms with Gasteiger partial charge >= 0.3 is 0 Å². The molecule has 0 aliphatic heterocycles. The second kappa shape index (κ2) is 6.39. The molecule has 0 radical (unpaired) electrons. The minimum atomic E-state index is 0.561. The van der Waals surface area contributed by atoms with Crippen molar-refractivity contribution >= 4 is 28.9 Å². The summed E-state index contributed by atoms with van der Waals surface area (Å²) < 4.78 is 0. The lowest BCUT2D eigenvalue weighted by atomic mass is 10.2. The van der Waals surface area contributed by atoms with E-state index in [4.69, 9.17) is 23.8 Å². The van der Waals surface area contributed by atoms with Gasteiger partial charge in [-0.1, -0.05) is 42.6 Å². The third kappa shape index (κ3) is 3.59. The zero-order valence-corrected chi connectivity index (χ0v) is 12.2. The molecule has 1 fully saturated rings. The average Bonchev–Trinajstić information content (AvgIpc) is 2.84. The van der Waals surface area contributed by atoms with Crippen molar-refractivity contribution in [2.24, 2.45) is 0 Å². The number of nitrogens with zero attached hydrogens (tertiary/aromatic N) is 1. The van der Waals surface area contributed by atoms with E-state index in [0.717, 1.165) is 22.2 Å². The van der Waals surface area contributed by atoms with E-state index in [1.165, 1.54) is 25.7 Å². The van der Waals surface area contributed by atoms with Crippen molar-refractivity contribution in [3.8, 4) is 0 Å². The molecular weight excluding hydrogens is 264 g/mol. The van der Waals surface area contributed by atoms with Gasteiger partial charge in [0.1, 0.15) is 0 Å². The number of halogens is 1. The first-order valence-electron chi connectivity index (χ1n) is 6.42. The first-order chi connectivity index (χ1) is 8.66. The lowest BCUT2D eigenvalue weighted by Crippen LogP contribution is -2.41. The Hall–Kier alpha value is -0.800. The van der Waals surface area contributed by atoms with Crippen LogP contribution in [0.25, 0.3) is 0 Å². The maximum atomic E-state index is 6.15. The van der Waals surface area contributed by atoms with Gasteiger partial charge in [-0.3, -0.25) is 0 Å². The second-order valence-corrected chi connectivity index (χ2v) is 5.67. The molecule has 18 heavy (non-hydrogen) atoms. The molecule has 98 valence electrons. The zero-order chi connectivity index (χ0) is 13.0. The molecule has 2 rings (SSSR count). The van der Waals surface area contributed by atoms with Gasteiger partial charge in [-0.05, 0) is 36.7 Å². The number of benzene rings is 1. The zero-order valence-electron chi connectivity index (χ0n) is 10.7. The van der Waals surface area contributed by atoms with Crippen LogP contribution in [0.4, 0.5) is 0 Å². The Labute approximate surface area is 119 Å². The second-order valence-electron chi connectivity index (χ2n) is 4.88. The van der Waals surface area contributed by atoms with E-state index >= 15 is 0 Å². The predicted octanol–water partition coefficient (Wildman–Crippen LogP) is 3.59. The van der Waals surface area contributed by atoms with Crippen LogP contribution in [0, 0.1) is 0 Å². The molecule has 2 nitrogen and oxygen atoms in total. The standard InChI is InChI=1S/C14H19ClN2S/c1-17(10-11-6-2-5-9-13(11)15)14(18)16-12-7-3-4-8-12/h2,5-6,9,12H,3-4,7-8,10H2,1H3,(H,16,18). The fraction of sp³-hybridized carbons (Fsp3) is 0.500. The van der Waals surface area contributed by atoms with Crippen LogP contribution in [0.15, 0.2) is 24.3 Å². The van der Waals surface area contributed by atoms with Gasteiger partial charge in [-0.2, -0.15) is 0 Å². The largest absolute Gasteiger partial charge is 0.360 e. The normalized spacial score (nSPS) is 15.7. The molecule has 0 heterocycles. The molecule has 1 aliphatic rings. The molecule has 0 atom stereocenters. The third-order valence-corrected chi connectivity index (χ3v) is 4.19. The van der Waals surface area contributed by atoms with Crippen molar-refractivity contribution < 1.29 is 0 Å². The quantitative estimate of drug-likeness (QED) is 0.853. The van der Waals surface area contributed by atoms with E-state index in [0.29, 0.717) is 6.04 Å². The molecular formula is C14H19ClN2S. The Bertz CT molecular complexity index is 416. The highest BCUT2D eigenvalue weighted by atomic mass is 35.5. The van der Waals surface area contributed by atoms with Crippen LogP contribution in [-0.4, -0.2) is 23.1 Å². The van der Waals surface area contributed by atoms with Crippen molar-refractivity contribution in [3.63, 3.8) is 0 Å². The topological polar surface area (TPSA) is 15.3 Å². The highest BCUT2D eigenvalue weighted by Crippen LogP contribution is 2.19. The molecule has 1 aliphatic carbocycles. The van der Waals surface area contributed by atoms with E-state index in [1.807, 2.05) is 31.3 Å². The summed E-state index contributed by atoms with van der Waals surface area (Å²) in [5.74, 6) is 0. The van der Waals surface area contributed by atoms with Crippen molar-refractivity contribution in [1.29, 1.82) is 0 Å². The summed E-state index contributed by atoms with van der Waals surface area (Å²) in [6, 6.07) is 8.46. The molecule has 4 heteroatoms. The molecule has 1 saturated carbocycles. The Morgan fingerprint density at radius 3 is 2.72 bits per heavy atom. The lowest BCUT2D eigenvalue weighted by Gasteiger charge is -2.24. The van der Waals surface area contributed by atoms with Crippen LogP contribution in [0.3, 0.4) is 0 Å². The summed E-state index contributed by atoms with van der Waals surface area (Å²) in [7, 11) is 2.01. The van der Waals surface area contributed by atoms with Crippen molar-refractivity contribution in [2.45, 2.75) is 38.3 Å². The van der Waals surface area contributed by atoms with Crippen molar-refractivity contribution in [1.82, 2.24) is 10.2 Å². The van der Waals surface area contributed by atoms with E-state index < -0.39 is 0 Å². The van der Waals surface area contributed by atoms with Crippen LogP contribution in [-0.2, 0) is 6.54 Å². The predicted molar refractivity (Wildman–Crippen MR) is 80.9 cm³/mol. The maximum absolute atomic E-state index is 6.15.